The van der Waals surface area contributed by atoms with Gasteiger partial charge in [-0.15, -0.1) is 11.8 Å². The number of para-hydroxylation sites is 1. The van der Waals surface area contributed by atoms with Gasteiger partial charge in [0.1, 0.15) is 5.69 Å². The first-order valence-corrected chi connectivity index (χ1v) is 11.5. The summed E-state index contributed by atoms with van der Waals surface area (Å²) in [7, 11) is 1.78. The zero-order valence-corrected chi connectivity index (χ0v) is 19.3. The molecule has 32 heavy (non-hydrogen) atoms. The molecule has 2 amide bonds. The fourth-order valence-corrected chi connectivity index (χ4v) is 3.97. The lowest BCUT2D eigenvalue weighted by atomic mass is 10.1. The summed E-state index contributed by atoms with van der Waals surface area (Å²) in [6.45, 7) is 4.06. The Morgan fingerprint density at radius 2 is 1.66 bits per heavy atom. The average Bonchev–Trinajstić information content (AvgIpc) is 3.01. The maximum Gasteiger partial charge on any atom is 0.295 e. The Morgan fingerprint density at radius 3 is 2.31 bits per heavy atom. The highest BCUT2D eigenvalue weighted by atomic mass is 32.2. The minimum Gasteiger partial charge on any atom is -0.355 e. The number of nitrogens with zero attached hydrogens (tertiary/aromatic N) is 2. The summed E-state index contributed by atoms with van der Waals surface area (Å²) in [6.07, 6.45) is 0.758. The van der Waals surface area contributed by atoms with Gasteiger partial charge in [-0.3, -0.25) is 19.1 Å². The molecule has 2 aromatic carbocycles. The van der Waals surface area contributed by atoms with E-state index in [1.54, 1.807) is 25.6 Å². The number of aromatic nitrogens is 2. The van der Waals surface area contributed by atoms with E-state index in [0.29, 0.717) is 12.2 Å². The van der Waals surface area contributed by atoms with Crippen molar-refractivity contribution in [3.05, 3.63) is 82.3 Å². The van der Waals surface area contributed by atoms with E-state index in [1.807, 2.05) is 60.7 Å². The van der Waals surface area contributed by atoms with Crippen molar-refractivity contribution in [2.45, 2.75) is 25.5 Å². The van der Waals surface area contributed by atoms with Crippen molar-refractivity contribution in [2.75, 3.05) is 17.6 Å². The molecule has 0 spiro atoms. The molecule has 1 unspecified atom stereocenters. The van der Waals surface area contributed by atoms with Crippen molar-refractivity contribution in [1.82, 2.24) is 14.7 Å². The van der Waals surface area contributed by atoms with Crippen LogP contribution < -0.4 is 16.2 Å². The van der Waals surface area contributed by atoms with E-state index in [1.165, 1.54) is 16.4 Å². The molecule has 0 saturated carbocycles. The summed E-state index contributed by atoms with van der Waals surface area (Å²) < 4.78 is 3.23. The molecule has 7 nitrogen and oxygen atoms in total. The van der Waals surface area contributed by atoms with Gasteiger partial charge < -0.3 is 10.6 Å². The van der Waals surface area contributed by atoms with Gasteiger partial charge in [0, 0.05) is 13.6 Å². The third kappa shape index (κ3) is 5.70. The molecule has 0 aliphatic heterocycles. The second kappa shape index (κ2) is 10.9. The van der Waals surface area contributed by atoms with Gasteiger partial charge in [0.15, 0.2) is 0 Å². The number of hydrogen-bond acceptors (Lipinski definition) is 4. The van der Waals surface area contributed by atoms with E-state index in [2.05, 4.69) is 10.6 Å². The Kier molecular flexibility index (Phi) is 7.94. The van der Waals surface area contributed by atoms with Crippen LogP contribution in [-0.4, -0.2) is 38.7 Å². The molecule has 168 valence electrons. The van der Waals surface area contributed by atoms with Gasteiger partial charge in [-0.1, -0.05) is 48.5 Å². The number of amides is 2. The molecule has 0 radical (unpaired) electrons. The van der Waals surface area contributed by atoms with Crippen LogP contribution in [0.1, 0.15) is 18.2 Å². The summed E-state index contributed by atoms with van der Waals surface area (Å²) in [5, 5.41) is 5.14. The van der Waals surface area contributed by atoms with Crippen LogP contribution in [0.5, 0.6) is 0 Å². The van der Waals surface area contributed by atoms with E-state index in [9.17, 15) is 14.4 Å². The molecule has 8 heteroatoms. The van der Waals surface area contributed by atoms with Gasteiger partial charge in [-0.05, 0) is 38.0 Å². The molecule has 0 aliphatic rings. The molecule has 0 bridgehead atoms. The number of nitrogens with one attached hydrogen (secondary N) is 2. The van der Waals surface area contributed by atoms with Crippen LogP contribution in [0.25, 0.3) is 5.69 Å². The Balaban J connectivity index is 1.53. The first kappa shape index (κ1) is 23.4. The lowest BCUT2D eigenvalue weighted by molar-refractivity contribution is -0.118. The van der Waals surface area contributed by atoms with Gasteiger partial charge >= 0.3 is 0 Å². The van der Waals surface area contributed by atoms with Crippen molar-refractivity contribution in [2.24, 2.45) is 7.05 Å². The summed E-state index contributed by atoms with van der Waals surface area (Å²) in [5.74, 6) is -0.253. The number of hydrogen-bond donors (Lipinski definition) is 2. The molecule has 1 aromatic heterocycles. The Morgan fingerprint density at radius 1 is 1.03 bits per heavy atom. The molecular formula is C24H28N4O3S. The topological polar surface area (TPSA) is 85.1 Å². The summed E-state index contributed by atoms with van der Waals surface area (Å²) in [5.41, 5.74) is 2.50. The number of rotatable bonds is 9. The molecule has 0 fully saturated rings. The van der Waals surface area contributed by atoms with Crippen LogP contribution in [0.15, 0.2) is 65.5 Å². The highest BCUT2D eigenvalue weighted by Crippen LogP contribution is 2.17. The number of anilines is 1. The summed E-state index contributed by atoms with van der Waals surface area (Å²) >= 11 is 1.24. The molecule has 3 rings (SSSR count). The standard InChI is InChI=1S/C24H28N4O3S/c1-17-22(24(31)28(27(17)3)20-12-8-5-9-13-20)26-23(30)18(2)32-16-21(29)25-15-14-19-10-6-4-7-11-19/h4-13,18H,14-16H2,1-3H3,(H,25,29)(H,26,30). The molecule has 1 heterocycles. The van der Waals surface area contributed by atoms with Crippen LogP contribution in [0.2, 0.25) is 0 Å². The third-order valence-electron chi connectivity index (χ3n) is 5.21. The van der Waals surface area contributed by atoms with Crippen molar-refractivity contribution in [3.8, 4) is 5.69 Å². The summed E-state index contributed by atoms with van der Waals surface area (Å²) in [4.78, 5) is 37.7. The molecular weight excluding hydrogens is 424 g/mol. The maximum atomic E-state index is 12.9. The van der Waals surface area contributed by atoms with E-state index >= 15 is 0 Å². The van der Waals surface area contributed by atoms with E-state index in [-0.39, 0.29) is 28.8 Å². The average molecular weight is 453 g/mol. The quantitative estimate of drug-likeness (QED) is 0.523. The van der Waals surface area contributed by atoms with Crippen LogP contribution in [-0.2, 0) is 23.1 Å². The number of carbonyl (C=O) groups is 2. The third-order valence-corrected chi connectivity index (χ3v) is 6.36. The minimum atomic E-state index is -0.487. The summed E-state index contributed by atoms with van der Waals surface area (Å²) in [6, 6.07) is 19.2. The van der Waals surface area contributed by atoms with Crippen LogP contribution in [0.4, 0.5) is 5.69 Å². The minimum absolute atomic E-state index is 0.118. The highest BCUT2D eigenvalue weighted by molar-refractivity contribution is 8.01. The molecule has 1 atom stereocenters. The number of carbonyl (C=O) groups excluding carboxylic acids is 2. The van der Waals surface area contributed by atoms with Crippen molar-refractivity contribution >= 4 is 29.3 Å². The molecule has 3 aromatic rings. The van der Waals surface area contributed by atoms with E-state index in [4.69, 9.17) is 0 Å². The maximum absolute atomic E-state index is 12.9. The van der Waals surface area contributed by atoms with E-state index < -0.39 is 5.25 Å². The second-order valence-corrected chi connectivity index (χ2v) is 8.79. The van der Waals surface area contributed by atoms with Crippen molar-refractivity contribution in [1.29, 1.82) is 0 Å². The fraction of sp³-hybridized carbons (Fsp3) is 0.292. The lowest BCUT2D eigenvalue weighted by Gasteiger charge is -2.11. The second-order valence-electron chi connectivity index (χ2n) is 7.46. The van der Waals surface area contributed by atoms with E-state index in [0.717, 1.165) is 17.7 Å². The van der Waals surface area contributed by atoms with Crippen molar-refractivity contribution < 1.29 is 9.59 Å². The molecule has 0 aliphatic carbocycles. The van der Waals surface area contributed by atoms with Gasteiger partial charge in [-0.2, -0.15) is 0 Å². The largest absolute Gasteiger partial charge is 0.355 e. The molecule has 0 saturated heterocycles. The Labute approximate surface area is 191 Å². The van der Waals surface area contributed by atoms with Crippen LogP contribution in [0, 0.1) is 6.92 Å². The van der Waals surface area contributed by atoms with Gasteiger partial charge in [0.2, 0.25) is 11.8 Å². The Hall–Kier alpha value is -3.26. The zero-order valence-electron chi connectivity index (χ0n) is 18.5. The first-order chi connectivity index (χ1) is 15.4. The zero-order chi connectivity index (χ0) is 23.1. The predicted octanol–water partition coefficient (Wildman–Crippen LogP) is 2.90. The van der Waals surface area contributed by atoms with Gasteiger partial charge in [0.25, 0.3) is 5.56 Å². The predicted molar refractivity (Wildman–Crippen MR) is 129 cm³/mol. The smallest absolute Gasteiger partial charge is 0.295 e. The SMILES string of the molecule is Cc1c(NC(=O)C(C)SCC(=O)NCCc2ccccc2)c(=O)n(-c2ccccc2)n1C. The lowest BCUT2D eigenvalue weighted by Crippen LogP contribution is -2.31. The number of thioether (sulfide) groups is 1. The first-order valence-electron chi connectivity index (χ1n) is 10.5. The van der Waals surface area contributed by atoms with Crippen LogP contribution >= 0.6 is 11.8 Å². The van der Waals surface area contributed by atoms with Gasteiger partial charge in [-0.25, -0.2) is 4.68 Å². The monoisotopic (exact) mass is 452 g/mol. The number of benzene rings is 2. The molecule has 2 N–H and O–H groups in total. The highest BCUT2D eigenvalue weighted by Gasteiger charge is 2.21. The fourth-order valence-electron chi connectivity index (χ4n) is 3.26. The van der Waals surface area contributed by atoms with Crippen LogP contribution in [0.3, 0.4) is 0 Å². The van der Waals surface area contributed by atoms with Crippen molar-refractivity contribution in [3.63, 3.8) is 0 Å². The Bertz CT molecular complexity index is 1120. The van der Waals surface area contributed by atoms with Gasteiger partial charge in [0.05, 0.1) is 22.4 Å². The normalized spacial score (nSPS) is 11.7.